The first-order chi connectivity index (χ1) is 13.5. The van der Waals surface area contributed by atoms with Gasteiger partial charge < -0.3 is 11.1 Å². The third-order valence-corrected chi connectivity index (χ3v) is 6.18. The summed E-state index contributed by atoms with van der Waals surface area (Å²) in [5.74, 6) is 1.46. The van der Waals surface area contributed by atoms with Crippen LogP contribution in [0.3, 0.4) is 0 Å². The zero-order chi connectivity index (χ0) is 19.3. The van der Waals surface area contributed by atoms with Gasteiger partial charge in [0.05, 0.1) is 21.4 Å². The average molecular weight is 392 g/mol. The number of pyridine rings is 2. The Morgan fingerprint density at radius 3 is 2.93 bits per heavy atom. The van der Waals surface area contributed by atoms with Crippen molar-refractivity contribution in [2.24, 2.45) is 5.73 Å². The van der Waals surface area contributed by atoms with E-state index in [0.717, 1.165) is 51.8 Å². The van der Waals surface area contributed by atoms with Crippen LogP contribution in [0.15, 0.2) is 36.7 Å². The van der Waals surface area contributed by atoms with Crippen LogP contribution in [-0.4, -0.2) is 24.7 Å². The molecule has 0 radical (unpaired) electrons. The molecule has 1 aliphatic carbocycles. The lowest BCUT2D eigenvalue weighted by Crippen LogP contribution is -2.37. The maximum absolute atomic E-state index is 6.46. The minimum absolute atomic E-state index is 0.381. The maximum Gasteiger partial charge on any atom is 0.211 e. The van der Waals surface area contributed by atoms with Crippen LogP contribution >= 0.6 is 11.3 Å². The van der Waals surface area contributed by atoms with E-state index in [1.54, 1.807) is 17.5 Å². The number of hydrogen-bond acceptors (Lipinski definition) is 7. The molecule has 142 valence electrons. The van der Waals surface area contributed by atoms with Crippen molar-refractivity contribution in [1.82, 2.24) is 24.7 Å². The third kappa shape index (κ3) is 2.94. The second kappa shape index (κ2) is 6.35. The Balaban J connectivity index is 1.47. The molecule has 0 amide bonds. The first kappa shape index (κ1) is 17.3. The summed E-state index contributed by atoms with van der Waals surface area (Å²) in [4.78, 5) is 14.0. The molecule has 3 N–H and O–H groups in total. The van der Waals surface area contributed by atoms with Crippen molar-refractivity contribution < 1.29 is 0 Å². The Hall–Kier alpha value is -2.84. The second-order valence-corrected chi connectivity index (χ2v) is 8.53. The standard InChI is InChI=1S/C20H21N7S/c1-12-7-9-23-27(12)19-24-14-10-17(22-11-15(14)28-19)25-16-6-5-13-4-3-8-20(2,21)18(13)26-16/h5-7,9-11H,3-4,8,21H2,1-2H3,(H,22,25,26). The van der Waals surface area contributed by atoms with Gasteiger partial charge in [0.25, 0.3) is 0 Å². The fraction of sp³-hybridized carbons (Fsp3) is 0.300. The largest absolute Gasteiger partial charge is 0.325 e. The normalized spacial score (nSPS) is 19.0. The summed E-state index contributed by atoms with van der Waals surface area (Å²) in [5, 5.41) is 8.47. The molecule has 7 nitrogen and oxygen atoms in total. The minimum Gasteiger partial charge on any atom is -0.325 e. The molecular formula is C20H21N7S. The van der Waals surface area contributed by atoms with Crippen molar-refractivity contribution in [3.8, 4) is 5.13 Å². The second-order valence-electron chi connectivity index (χ2n) is 7.52. The Labute approximate surface area is 166 Å². The van der Waals surface area contributed by atoms with Gasteiger partial charge in [-0.15, -0.1) is 0 Å². The van der Waals surface area contributed by atoms with E-state index in [-0.39, 0.29) is 5.54 Å². The van der Waals surface area contributed by atoms with Gasteiger partial charge >= 0.3 is 0 Å². The van der Waals surface area contributed by atoms with E-state index in [2.05, 4.69) is 28.4 Å². The molecule has 28 heavy (non-hydrogen) atoms. The number of anilines is 2. The Morgan fingerprint density at radius 1 is 1.21 bits per heavy atom. The maximum atomic E-state index is 6.46. The number of aryl methyl sites for hydroxylation is 2. The Morgan fingerprint density at radius 2 is 2.11 bits per heavy atom. The predicted octanol–water partition coefficient (Wildman–Crippen LogP) is 3.83. The van der Waals surface area contributed by atoms with E-state index >= 15 is 0 Å². The van der Waals surface area contributed by atoms with Crippen LogP contribution in [-0.2, 0) is 12.0 Å². The molecule has 0 fully saturated rings. The van der Waals surface area contributed by atoms with Crippen molar-refractivity contribution in [2.75, 3.05) is 5.32 Å². The number of nitrogens with two attached hydrogens (primary N) is 1. The molecule has 1 unspecified atom stereocenters. The quantitative estimate of drug-likeness (QED) is 0.551. The monoisotopic (exact) mass is 391 g/mol. The van der Waals surface area contributed by atoms with Gasteiger partial charge in [-0.05, 0) is 50.8 Å². The van der Waals surface area contributed by atoms with E-state index in [4.69, 9.17) is 15.7 Å². The number of thiazole rings is 1. The van der Waals surface area contributed by atoms with Crippen molar-refractivity contribution >= 4 is 33.2 Å². The summed E-state index contributed by atoms with van der Waals surface area (Å²) in [6, 6.07) is 8.02. The van der Waals surface area contributed by atoms with Crippen LogP contribution < -0.4 is 11.1 Å². The van der Waals surface area contributed by atoms with Crippen LogP contribution in [0.25, 0.3) is 15.3 Å². The fourth-order valence-electron chi connectivity index (χ4n) is 3.70. The lowest BCUT2D eigenvalue weighted by molar-refractivity contribution is 0.396. The molecule has 0 saturated carbocycles. The molecule has 0 bridgehead atoms. The molecule has 0 spiro atoms. The lowest BCUT2D eigenvalue weighted by Gasteiger charge is -2.31. The number of rotatable bonds is 3. The number of nitrogens with zero attached hydrogens (tertiary/aromatic N) is 5. The average Bonchev–Trinajstić information content (AvgIpc) is 3.27. The smallest absolute Gasteiger partial charge is 0.211 e. The highest BCUT2D eigenvalue weighted by Gasteiger charge is 2.29. The molecule has 4 heterocycles. The van der Waals surface area contributed by atoms with E-state index in [1.807, 2.05) is 36.0 Å². The van der Waals surface area contributed by atoms with Crippen LogP contribution in [0.4, 0.5) is 11.6 Å². The van der Waals surface area contributed by atoms with Crippen molar-refractivity contribution in [3.63, 3.8) is 0 Å². The van der Waals surface area contributed by atoms with E-state index in [9.17, 15) is 0 Å². The summed E-state index contributed by atoms with van der Waals surface area (Å²) in [6.07, 6.45) is 6.71. The number of fused-ring (bicyclic) bond motifs is 2. The van der Waals surface area contributed by atoms with Gasteiger partial charge in [0.15, 0.2) is 0 Å². The van der Waals surface area contributed by atoms with Gasteiger partial charge in [-0.25, -0.2) is 19.6 Å². The summed E-state index contributed by atoms with van der Waals surface area (Å²) in [6.45, 7) is 4.07. The summed E-state index contributed by atoms with van der Waals surface area (Å²) < 4.78 is 2.86. The third-order valence-electron chi connectivity index (χ3n) is 5.20. The minimum atomic E-state index is -0.381. The highest BCUT2D eigenvalue weighted by Crippen LogP contribution is 2.33. The predicted molar refractivity (Wildman–Crippen MR) is 111 cm³/mol. The highest BCUT2D eigenvalue weighted by atomic mass is 32.1. The molecule has 5 rings (SSSR count). The van der Waals surface area contributed by atoms with Crippen molar-refractivity contribution in [1.29, 1.82) is 0 Å². The Kier molecular flexibility index (Phi) is 3.92. The molecule has 1 aliphatic rings. The van der Waals surface area contributed by atoms with E-state index < -0.39 is 0 Å². The van der Waals surface area contributed by atoms with Crippen molar-refractivity contribution in [3.05, 3.63) is 53.6 Å². The van der Waals surface area contributed by atoms with Gasteiger partial charge in [-0.3, -0.25) is 0 Å². The fourth-order valence-corrected chi connectivity index (χ4v) is 4.63. The van der Waals surface area contributed by atoms with E-state index in [0.29, 0.717) is 5.82 Å². The molecule has 4 aromatic rings. The SMILES string of the molecule is Cc1ccnn1-c1nc2cc(Nc3ccc4c(n3)C(C)(N)CCC4)ncc2s1. The zero-order valence-corrected chi connectivity index (χ0v) is 16.6. The van der Waals surface area contributed by atoms with Crippen LogP contribution in [0.1, 0.15) is 36.7 Å². The van der Waals surface area contributed by atoms with E-state index in [1.165, 1.54) is 5.56 Å². The number of hydrogen-bond donors (Lipinski definition) is 2. The molecule has 0 aromatic carbocycles. The molecule has 0 aliphatic heterocycles. The highest BCUT2D eigenvalue weighted by molar-refractivity contribution is 7.20. The Bertz CT molecular complexity index is 1170. The first-order valence-electron chi connectivity index (χ1n) is 9.33. The topological polar surface area (TPSA) is 94.5 Å². The molecule has 4 aromatic heterocycles. The van der Waals surface area contributed by atoms with Crippen LogP contribution in [0.5, 0.6) is 0 Å². The zero-order valence-electron chi connectivity index (χ0n) is 15.8. The van der Waals surface area contributed by atoms with Gasteiger partial charge in [-0.1, -0.05) is 17.4 Å². The number of nitrogens with one attached hydrogen (secondary N) is 1. The molecule has 8 heteroatoms. The van der Waals surface area contributed by atoms with Gasteiger partial charge in [0, 0.05) is 24.2 Å². The number of aromatic nitrogens is 5. The summed E-state index contributed by atoms with van der Waals surface area (Å²) in [7, 11) is 0. The van der Waals surface area contributed by atoms with Crippen molar-refractivity contribution in [2.45, 2.75) is 38.6 Å². The first-order valence-corrected chi connectivity index (χ1v) is 10.2. The summed E-state index contributed by atoms with van der Waals surface area (Å²) >= 11 is 1.57. The lowest BCUT2D eigenvalue weighted by atomic mass is 9.82. The molecule has 0 saturated heterocycles. The van der Waals surface area contributed by atoms with Gasteiger partial charge in [0.2, 0.25) is 5.13 Å². The molecule has 1 atom stereocenters. The van der Waals surface area contributed by atoms with Gasteiger partial charge in [0.1, 0.15) is 11.6 Å². The van der Waals surface area contributed by atoms with Crippen LogP contribution in [0.2, 0.25) is 0 Å². The summed E-state index contributed by atoms with van der Waals surface area (Å²) in [5.41, 5.74) is 10.2. The molecular weight excluding hydrogens is 370 g/mol. The van der Waals surface area contributed by atoms with Gasteiger partial charge in [-0.2, -0.15) is 5.10 Å². The van der Waals surface area contributed by atoms with Crippen LogP contribution in [0, 0.1) is 6.92 Å².